The number of benzene rings is 1. The van der Waals surface area contributed by atoms with Crippen molar-refractivity contribution in [3.63, 3.8) is 0 Å². The van der Waals surface area contributed by atoms with Gasteiger partial charge in [-0.25, -0.2) is 0 Å². The lowest BCUT2D eigenvalue weighted by Gasteiger charge is -2.23. The second-order valence-electron chi connectivity index (χ2n) is 5.16. The molecule has 124 valence electrons. The number of Topliss-reactive ketones (excluding diaryl/α,β-unsaturated/α-hetero) is 1. The number of halogens is 2. The van der Waals surface area contributed by atoms with Crippen molar-refractivity contribution in [1.82, 2.24) is 4.90 Å². The SMILES string of the molecule is CCN(C=O)/C(C(=O)c1cc(Cl)cc(Cl)c1)=C(\C(N)=O)C(C)C. The Morgan fingerprint density at radius 1 is 1.22 bits per heavy atom. The van der Waals surface area contributed by atoms with Crippen LogP contribution in [0.3, 0.4) is 0 Å². The average Bonchev–Trinajstić information content (AvgIpc) is 2.44. The summed E-state index contributed by atoms with van der Waals surface area (Å²) in [4.78, 5) is 37.2. The van der Waals surface area contributed by atoms with Crippen LogP contribution in [0.2, 0.25) is 10.0 Å². The van der Waals surface area contributed by atoms with Gasteiger partial charge in [-0.3, -0.25) is 14.4 Å². The number of amides is 2. The molecule has 5 nitrogen and oxygen atoms in total. The van der Waals surface area contributed by atoms with E-state index >= 15 is 0 Å². The molecule has 1 aromatic carbocycles. The first kappa shape index (κ1) is 19.2. The number of ketones is 1. The zero-order chi connectivity index (χ0) is 17.7. The van der Waals surface area contributed by atoms with Crippen LogP contribution in [0.5, 0.6) is 0 Å². The van der Waals surface area contributed by atoms with Gasteiger partial charge in [0.05, 0.1) is 0 Å². The summed E-state index contributed by atoms with van der Waals surface area (Å²) in [6.45, 7) is 5.34. The van der Waals surface area contributed by atoms with Crippen LogP contribution < -0.4 is 5.73 Å². The molecule has 0 saturated heterocycles. The Bertz CT molecular complexity index is 649. The van der Waals surface area contributed by atoms with Crippen LogP contribution in [0.15, 0.2) is 29.5 Å². The zero-order valence-electron chi connectivity index (χ0n) is 13.1. The van der Waals surface area contributed by atoms with Gasteiger partial charge in [-0.15, -0.1) is 0 Å². The summed E-state index contributed by atoms with van der Waals surface area (Å²) < 4.78 is 0. The number of carbonyl (C=O) groups excluding carboxylic acids is 3. The topological polar surface area (TPSA) is 80.5 Å². The fourth-order valence-electron chi connectivity index (χ4n) is 2.19. The molecule has 0 spiro atoms. The molecule has 7 heteroatoms. The van der Waals surface area contributed by atoms with Crippen molar-refractivity contribution in [1.29, 1.82) is 0 Å². The second-order valence-corrected chi connectivity index (χ2v) is 6.03. The molecule has 1 rings (SSSR count). The summed E-state index contributed by atoms with van der Waals surface area (Å²) in [7, 11) is 0. The minimum absolute atomic E-state index is 0.0525. The quantitative estimate of drug-likeness (QED) is 0.463. The molecule has 0 fully saturated rings. The first-order valence-corrected chi connectivity index (χ1v) is 7.75. The molecule has 2 N–H and O–H groups in total. The minimum atomic E-state index is -0.753. The minimum Gasteiger partial charge on any atom is -0.366 e. The number of nitrogens with two attached hydrogens (primary N) is 1. The van der Waals surface area contributed by atoms with E-state index in [4.69, 9.17) is 28.9 Å². The van der Waals surface area contributed by atoms with Crippen LogP contribution in [0.4, 0.5) is 0 Å². The number of carbonyl (C=O) groups is 3. The van der Waals surface area contributed by atoms with Crippen molar-refractivity contribution in [3.05, 3.63) is 45.1 Å². The van der Waals surface area contributed by atoms with Crippen LogP contribution in [0.25, 0.3) is 0 Å². The highest BCUT2D eigenvalue weighted by Crippen LogP contribution is 2.25. The van der Waals surface area contributed by atoms with Gasteiger partial charge in [0.25, 0.3) is 0 Å². The maximum atomic E-state index is 12.9. The van der Waals surface area contributed by atoms with E-state index in [1.54, 1.807) is 20.8 Å². The van der Waals surface area contributed by atoms with Crippen molar-refractivity contribution in [2.75, 3.05) is 6.54 Å². The third-order valence-corrected chi connectivity index (χ3v) is 3.63. The Balaban J connectivity index is 3.63. The molecule has 0 heterocycles. The Hall–Kier alpha value is -1.85. The Morgan fingerprint density at radius 3 is 2.09 bits per heavy atom. The van der Waals surface area contributed by atoms with Crippen molar-refractivity contribution in [2.24, 2.45) is 11.7 Å². The number of likely N-dealkylation sites (N-methyl/N-ethyl adjacent to an activating group) is 1. The molecule has 0 aliphatic heterocycles. The number of hydrogen-bond donors (Lipinski definition) is 1. The molecule has 0 saturated carbocycles. The first-order valence-electron chi connectivity index (χ1n) is 6.99. The zero-order valence-corrected chi connectivity index (χ0v) is 14.6. The van der Waals surface area contributed by atoms with Gasteiger partial charge in [0.15, 0.2) is 0 Å². The standard InChI is InChI=1S/C16H18Cl2N2O3/c1-4-20(8-21)14(13(9(2)3)16(19)23)15(22)10-5-11(17)7-12(18)6-10/h5-9H,4H2,1-3H3,(H2,19,23)/b14-13-. The third kappa shape index (κ3) is 4.56. The highest BCUT2D eigenvalue weighted by molar-refractivity contribution is 6.35. The van der Waals surface area contributed by atoms with Gasteiger partial charge in [-0.2, -0.15) is 0 Å². The van der Waals surface area contributed by atoms with Crippen molar-refractivity contribution in [3.8, 4) is 0 Å². The third-order valence-electron chi connectivity index (χ3n) is 3.19. The van der Waals surface area contributed by atoms with E-state index in [-0.39, 0.29) is 39.3 Å². The summed E-state index contributed by atoms with van der Waals surface area (Å²) in [6.07, 6.45) is 0.491. The van der Waals surface area contributed by atoms with Crippen LogP contribution in [-0.4, -0.2) is 29.5 Å². The van der Waals surface area contributed by atoms with Crippen molar-refractivity contribution >= 4 is 41.3 Å². The average molecular weight is 357 g/mol. The second kappa shape index (κ2) is 8.13. The van der Waals surface area contributed by atoms with E-state index in [0.717, 1.165) is 4.90 Å². The Morgan fingerprint density at radius 2 is 1.74 bits per heavy atom. The predicted octanol–water partition coefficient (Wildman–Crippen LogP) is 3.05. The van der Waals surface area contributed by atoms with Crippen molar-refractivity contribution in [2.45, 2.75) is 20.8 Å². The number of allylic oxidation sites excluding steroid dienone is 1. The Kier molecular flexibility index (Phi) is 6.79. The molecule has 0 atom stereocenters. The number of rotatable bonds is 7. The molecular weight excluding hydrogens is 339 g/mol. The smallest absolute Gasteiger partial charge is 0.247 e. The summed E-state index contributed by atoms with van der Waals surface area (Å²) >= 11 is 11.8. The van der Waals surface area contributed by atoms with E-state index in [1.165, 1.54) is 18.2 Å². The molecule has 0 radical (unpaired) electrons. The molecule has 1 aromatic rings. The highest BCUT2D eigenvalue weighted by Gasteiger charge is 2.27. The monoisotopic (exact) mass is 356 g/mol. The van der Waals surface area contributed by atoms with E-state index in [0.29, 0.717) is 6.41 Å². The lowest BCUT2D eigenvalue weighted by molar-refractivity contribution is -0.116. The van der Waals surface area contributed by atoms with Gasteiger partial charge in [0.2, 0.25) is 18.1 Å². The maximum Gasteiger partial charge on any atom is 0.247 e. The van der Waals surface area contributed by atoms with Gasteiger partial charge in [0, 0.05) is 27.7 Å². The van der Waals surface area contributed by atoms with Crippen molar-refractivity contribution < 1.29 is 14.4 Å². The summed E-state index contributed by atoms with van der Waals surface area (Å²) in [5, 5.41) is 0.555. The van der Waals surface area contributed by atoms with Gasteiger partial charge < -0.3 is 10.6 Å². The molecule has 0 aliphatic carbocycles. The molecule has 23 heavy (non-hydrogen) atoms. The molecule has 0 bridgehead atoms. The lowest BCUT2D eigenvalue weighted by Crippen LogP contribution is -2.33. The van der Waals surface area contributed by atoms with Crippen LogP contribution in [0, 0.1) is 5.92 Å². The molecular formula is C16H18Cl2N2O3. The predicted molar refractivity (Wildman–Crippen MR) is 90.3 cm³/mol. The number of primary amides is 1. The summed E-state index contributed by atoms with van der Waals surface area (Å²) in [5.74, 6) is -1.63. The van der Waals surface area contributed by atoms with E-state index in [9.17, 15) is 14.4 Å². The molecule has 0 aliphatic rings. The fourth-order valence-corrected chi connectivity index (χ4v) is 2.72. The maximum absolute atomic E-state index is 12.9. The van der Waals surface area contributed by atoms with E-state index in [1.807, 2.05) is 0 Å². The van der Waals surface area contributed by atoms with Gasteiger partial charge in [-0.1, -0.05) is 37.0 Å². The first-order chi connectivity index (χ1) is 10.7. The number of hydrogen-bond acceptors (Lipinski definition) is 3. The van der Waals surface area contributed by atoms with Gasteiger partial charge in [0.1, 0.15) is 5.70 Å². The summed E-state index contributed by atoms with van der Waals surface area (Å²) in [6, 6.07) is 4.33. The fraction of sp³-hybridized carbons (Fsp3) is 0.312. The lowest BCUT2D eigenvalue weighted by atomic mass is 9.95. The van der Waals surface area contributed by atoms with Crippen LogP contribution in [0.1, 0.15) is 31.1 Å². The van der Waals surface area contributed by atoms with E-state index in [2.05, 4.69) is 0 Å². The van der Waals surface area contributed by atoms with E-state index < -0.39 is 11.7 Å². The number of nitrogens with zero attached hydrogens (tertiary/aromatic N) is 1. The van der Waals surface area contributed by atoms with Crippen LogP contribution >= 0.6 is 23.2 Å². The molecule has 0 aromatic heterocycles. The normalized spacial score (nSPS) is 11.9. The highest BCUT2D eigenvalue weighted by atomic mass is 35.5. The largest absolute Gasteiger partial charge is 0.366 e. The van der Waals surface area contributed by atoms with Gasteiger partial charge >= 0.3 is 0 Å². The molecule has 2 amide bonds. The molecule has 0 unspecified atom stereocenters. The summed E-state index contributed by atoms with van der Waals surface area (Å²) in [5.41, 5.74) is 5.63. The Labute approximate surface area is 145 Å². The van der Waals surface area contributed by atoms with Gasteiger partial charge in [-0.05, 0) is 31.0 Å². The van der Waals surface area contributed by atoms with Crippen LogP contribution in [-0.2, 0) is 9.59 Å².